The molecule has 0 aliphatic heterocycles. The quantitative estimate of drug-likeness (QED) is 0.709. The molecule has 0 saturated heterocycles. The van der Waals surface area contributed by atoms with Gasteiger partial charge in [0.25, 0.3) is 5.91 Å². The Morgan fingerprint density at radius 3 is 2.82 bits per heavy atom. The molecule has 0 saturated carbocycles. The largest absolute Gasteiger partial charge is 0.384 e. The molecule has 0 aliphatic carbocycles. The molecule has 2 N–H and O–H groups in total. The Morgan fingerprint density at radius 2 is 2.24 bits per heavy atom. The van der Waals surface area contributed by atoms with Crippen molar-refractivity contribution < 1.29 is 9.90 Å². The highest BCUT2D eigenvalue weighted by Crippen LogP contribution is 2.08. The number of aliphatic hydroxyl groups is 1. The molecule has 0 unspecified atom stereocenters. The van der Waals surface area contributed by atoms with Gasteiger partial charge in [-0.25, -0.2) is 0 Å². The zero-order valence-electron chi connectivity index (χ0n) is 10.2. The lowest BCUT2D eigenvalue weighted by Crippen LogP contribution is -2.40. The van der Waals surface area contributed by atoms with Crippen LogP contribution in [-0.4, -0.2) is 28.1 Å². The summed E-state index contributed by atoms with van der Waals surface area (Å²) in [6.07, 6.45) is 3.06. The summed E-state index contributed by atoms with van der Waals surface area (Å²) in [5.74, 6) is 5.02. The fourth-order valence-corrected chi connectivity index (χ4v) is 1.23. The minimum absolute atomic E-state index is 0.192. The second-order valence-corrected chi connectivity index (χ2v) is 4.59. The minimum Gasteiger partial charge on any atom is -0.384 e. The summed E-state index contributed by atoms with van der Waals surface area (Å²) in [7, 11) is 0. The summed E-state index contributed by atoms with van der Waals surface area (Å²) < 4.78 is 0. The predicted molar refractivity (Wildman–Crippen MR) is 65.4 cm³/mol. The molecule has 0 aromatic carbocycles. The van der Waals surface area contributed by atoms with Crippen molar-refractivity contribution in [2.24, 2.45) is 0 Å². The van der Waals surface area contributed by atoms with E-state index in [0.29, 0.717) is 11.1 Å². The van der Waals surface area contributed by atoms with E-state index in [1.54, 1.807) is 12.3 Å². The van der Waals surface area contributed by atoms with Gasteiger partial charge in [0.15, 0.2) is 0 Å². The summed E-state index contributed by atoms with van der Waals surface area (Å²) in [4.78, 5) is 15.9. The predicted octanol–water partition coefficient (Wildman–Crippen LogP) is 0.954. The SMILES string of the molecule is CC(C)(C)NC(=O)c1ccncc1C#CCO. The Hall–Kier alpha value is -1.86. The normalized spacial score (nSPS) is 10.4. The molecule has 1 amide bonds. The van der Waals surface area contributed by atoms with Crippen molar-refractivity contribution >= 4 is 5.91 Å². The number of aromatic nitrogens is 1. The second-order valence-electron chi connectivity index (χ2n) is 4.59. The second kappa shape index (κ2) is 5.46. The van der Waals surface area contributed by atoms with Crippen molar-refractivity contribution in [3.05, 3.63) is 29.6 Å². The van der Waals surface area contributed by atoms with Crippen LogP contribution in [0.3, 0.4) is 0 Å². The molecule has 0 aliphatic rings. The zero-order chi connectivity index (χ0) is 12.9. The first-order valence-electron chi connectivity index (χ1n) is 5.30. The van der Waals surface area contributed by atoms with Crippen LogP contribution in [0.4, 0.5) is 0 Å². The smallest absolute Gasteiger partial charge is 0.253 e. The topological polar surface area (TPSA) is 62.2 Å². The van der Waals surface area contributed by atoms with Gasteiger partial charge in [-0.2, -0.15) is 0 Å². The maximum Gasteiger partial charge on any atom is 0.253 e. The highest BCUT2D eigenvalue weighted by atomic mass is 16.2. The summed E-state index contributed by atoms with van der Waals surface area (Å²) in [6.45, 7) is 5.48. The lowest BCUT2D eigenvalue weighted by molar-refractivity contribution is 0.0919. The average Bonchev–Trinajstić information content (AvgIpc) is 2.24. The van der Waals surface area contributed by atoms with Crippen LogP contribution in [0, 0.1) is 11.8 Å². The molecule has 1 heterocycles. The highest BCUT2D eigenvalue weighted by molar-refractivity contribution is 5.96. The first-order chi connectivity index (χ1) is 7.94. The molecule has 17 heavy (non-hydrogen) atoms. The Labute approximate surface area is 101 Å². The summed E-state index contributed by atoms with van der Waals surface area (Å²) in [6, 6.07) is 1.61. The van der Waals surface area contributed by atoms with Crippen LogP contribution in [0.1, 0.15) is 36.7 Å². The van der Waals surface area contributed by atoms with E-state index >= 15 is 0 Å². The van der Waals surface area contributed by atoms with Crippen molar-refractivity contribution in [1.82, 2.24) is 10.3 Å². The van der Waals surface area contributed by atoms with Crippen LogP contribution in [0.5, 0.6) is 0 Å². The Kier molecular flexibility index (Phi) is 4.24. The van der Waals surface area contributed by atoms with Gasteiger partial charge in [-0.15, -0.1) is 0 Å². The number of nitrogens with zero attached hydrogens (tertiary/aromatic N) is 1. The molecule has 0 bridgehead atoms. The molecule has 0 fully saturated rings. The van der Waals surface area contributed by atoms with Gasteiger partial charge in [-0.3, -0.25) is 9.78 Å². The van der Waals surface area contributed by atoms with Crippen LogP contribution >= 0.6 is 0 Å². The lowest BCUT2D eigenvalue weighted by Gasteiger charge is -2.20. The van der Waals surface area contributed by atoms with Crippen LogP contribution in [0.15, 0.2) is 18.5 Å². The van der Waals surface area contributed by atoms with E-state index in [0.717, 1.165) is 0 Å². The maximum absolute atomic E-state index is 12.0. The zero-order valence-corrected chi connectivity index (χ0v) is 10.2. The number of pyridine rings is 1. The van der Waals surface area contributed by atoms with Crippen LogP contribution in [0.25, 0.3) is 0 Å². The summed E-state index contributed by atoms with van der Waals surface area (Å²) in [5.41, 5.74) is 0.682. The number of carbonyl (C=O) groups is 1. The molecule has 0 atom stereocenters. The molecule has 0 radical (unpaired) electrons. The Bertz CT molecular complexity index is 464. The first kappa shape index (κ1) is 13.2. The van der Waals surface area contributed by atoms with Crippen molar-refractivity contribution in [3.8, 4) is 11.8 Å². The molecule has 90 valence electrons. The summed E-state index contributed by atoms with van der Waals surface area (Å²) in [5, 5.41) is 11.5. The standard InChI is InChI=1S/C13H16N2O2/c1-13(2,3)15-12(17)11-6-7-14-9-10(11)5-4-8-16/h6-7,9,16H,8H2,1-3H3,(H,15,17). The van der Waals surface area contributed by atoms with Gasteiger partial charge in [-0.1, -0.05) is 11.8 Å². The van der Waals surface area contributed by atoms with E-state index < -0.39 is 0 Å². The van der Waals surface area contributed by atoms with Gasteiger partial charge in [0, 0.05) is 17.9 Å². The Morgan fingerprint density at radius 1 is 1.53 bits per heavy atom. The monoisotopic (exact) mass is 232 g/mol. The van der Waals surface area contributed by atoms with E-state index in [1.807, 2.05) is 20.8 Å². The van der Waals surface area contributed by atoms with E-state index in [1.165, 1.54) is 6.20 Å². The average molecular weight is 232 g/mol. The van der Waals surface area contributed by atoms with Crippen molar-refractivity contribution in [2.45, 2.75) is 26.3 Å². The van der Waals surface area contributed by atoms with Gasteiger partial charge in [0.05, 0.1) is 11.1 Å². The molecule has 1 aromatic heterocycles. The number of hydrogen-bond donors (Lipinski definition) is 2. The third-order valence-corrected chi connectivity index (χ3v) is 1.86. The molecule has 0 spiro atoms. The Balaban J connectivity index is 3.01. The molecule has 4 nitrogen and oxygen atoms in total. The fraction of sp³-hybridized carbons (Fsp3) is 0.385. The van der Waals surface area contributed by atoms with Crippen molar-refractivity contribution in [3.63, 3.8) is 0 Å². The van der Waals surface area contributed by atoms with E-state index in [2.05, 4.69) is 22.1 Å². The van der Waals surface area contributed by atoms with Crippen LogP contribution in [0.2, 0.25) is 0 Å². The summed E-state index contributed by atoms with van der Waals surface area (Å²) >= 11 is 0. The third kappa shape index (κ3) is 4.25. The molecule has 4 heteroatoms. The maximum atomic E-state index is 12.0. The number of amides is 1. The van der Waals surface area contributed by atoms with Crippen LogP contribution < -0.4 is 5.32 Å². The van der Waals surface area contributed by atoms with Gasteiger partial charge in [0.2, 0.25) is 0 Å². The van der Waals surface area contributed by atoms with Crippen LogP contribution in [-0.2, 0) is 0 Å². The number of nitrogens with one attached hydrogen (secondary N) is 1. The van der Waals surface area contributed by atoms with Gasteiger partial charge < -0.3 is 10.4 Å². The van der Waals surface area contributed by atoms with E-state index in [4.69, 9.17) is 5.11 Å². The van der Waals surface area contributed by atoms with Gasteiger partial charge >= 0.3 is 0 Å². The minimum atomic E-state index is -0.304. The molecule has 1 aromatic rings. The third-order valence-electron chi connectivity index (χ3n) is 1.86. The number of carbonyl (C=O) groups excluding carboxylic acids is 1. The van der Waals surface area contributed by atoms with Crippen molar-refractivity contribution in [2.75, 3.05) is 6.61 Å². The van der Waals surface area contributed by atoms with Gasteiger partial charge in [0.1, 0.15) is 6.61 Å². The highest BCUT2D eigenvalue weighted by Gasteiger charge is 2.17. The number of hydrogen-bond acceptors (Lipinski definition) is 3. The molecular weight excluding hydrogens is 216 g/mol. The molecule has 1 rings (SSSR count). The molecular formula is C13H16N2O2. The fourth-order valence-electron chi connectivity index (χ4n) is 1.23. The number of aliphatic hydroxyl groups excluding tert-OH is 1. The van der Waals surface area contributed by atoms with E-state index in [-0.39, 0.29) is 18.1 Å². The lowest BCUT2D eigenvalue weighted by atomic mass is 10.1. The van der Waals surface area contributed by atoms with E-state index in [9.17, 15) is 4.79 Å². The number of rotatable bonds is 1. The van der Waals surface area contributed by atoms with Crippen molar-refractivity contribution in [1.29, 1.82) is 0 Å². The first-order valence-corrected chi connectivity index (χ1v) is 5.30. The van der Waals surface area contributed by atoms with Gasteiger partial charge in [-0.05, 0) is 26.8 Å².